The van der Waals surface area contributed by atoms with Crippen LogP contribution >= 0.6 is 0 Å². The molecule has 0 bridgehead atoms. The van der Waals surface area contributed by atoms with Gasteiger partial charge < -0.3 is 33.5 Å². The van der Waals surface area contributed by atoms with Crippen molar-refractivity contribution < 1.29 is 43.1 Å². The fraction of sp³-hybridized carbons (Fsp3) is 0.600. The second kappa shape index (κ2) is 7.03. The summed E-state index contributed by atoms with van der Waals surface area (Å²) in [5.74, 6) is -3.70. The predicted octanol–water partition coefficient (Wildman–Crippen LogP) is 1.94. The van der Waals surface area contributed by atoms with Gasteiger partial charge in [0.25, 0.3) is 0 Å². The number of carboxylic acids is 1. The number of fused-ring (bicyclic) bond motifs is 1. The van der Waals surface area contributed by atoms with Gasteiger partial charge in [0.2, 0.25) is 0 Å². The molecule has 3 saturated heterocycles. The van der Waals surface area contributed by atoms with Gasteiger partial charge in [-0.2, -0.15) is 0 Å². The summed E-state index contributed by atoms with van der Waals surface area (Å²) < 4.78 is 34.9. The van der Waals surface area contributed by atoms with E-state index in [1.54, 1.807) is 39.8 Å². The summed E-state index contributed by atoms with van der Waals surface area (Å²) in [6, 6.07) is 5.87. The lowest BCUT2D eigenvalue weighted by Gasteiger charge is -2.28. The number of esters is 1. The Morgan fingerprint density at radius 1 is 1.00 bits per heavy atom. The van der Waals surface area contributed by atoms with Gasteiger partial charge in [-0.1, -0.05) is 12.1 Å². The maximum Gasteiger partial charge on any atom is 0.339 e. The van der Waals surface area contributed by atoms with Crippen LogP contribution in [0.15, 0.2) is 24.3 Å². The van der Waals surface area contributed by atoms with Crippen molar-refractivity contribution in [2.24, 2.45) is 0 Å². The molecule has 3 heterocycles. The fourth-order valence-corrected chi connectivity index (χ4v) is 3.85. The molecule has 0 aliphatic carbocycles. The van der Waals surface area contributed by atoms with Crippen molar-refractivity contribution in [3.05, 3.63) is 35.4 Å². The minimum Gasteiger partial charge on any atom is -0.478 e. The molecule has 3 fully saturated rings. The van der Waals surface area contributed by atoms with Crippen molar-refractivity contribution in [2.75, 3.05) is 6.61 Å². The number of carboxylic acid groups (broad SMARTS) is 1. The van der Waals surface area contributed by atoms with E-state index in [1.807, 2.05) is 0 Å². The molecule has 0 aromatic heterocycles. The van der Waals surface area contributed by atoms with Crippen LogP contribution in [-0.2, 0) is 28.4 Å². The highest BCUT2D eigenvalue weighted by Crippen LogP contribution is 2.42. The fourth-order valence-electron chi connectivity index (χ4n) is 3.85. The Labute approximate surface area is 167 Å². The number of benzene rings is 1. The minimum atomic E-state index is -1.22. The smallest absolute Gasteiger partial charge is 0.339 e. The van der Waals surface area contributed by atoms with Crippen LogP contribution in [0.5, 0.6) is 0 Å². The third-order valence-corrected chi connectivity index (χ3v) is 5.04. The zero-order valence-corrected chi connectivity index (χ0v) is 16.6. The number of ether oxygens (including phenoxy) is 6. The molecule has 0 radical (unpaired) electrons. The standard InChI is InChI=1S/C20H24O9/c1-19(2)24-9-12(27-19)13-14(15-18(26-13)29-20(3,4)28-15)25-17(23)11-8-6-5-7-10(11)16(21)22/h5-8,12-15,18H,9H2,1-4H3,(H,21,22)/t12-,13-,14+,15-,18-/m1/s1. The Bertz CT molecular complexity index is 818. The van der Waals surface area contributed by atoms with Gasteiger partial charge in [0.05, 0.1) is 17.7 Å². The summed E-state index contributed by atoms with van der Waals surface area (Å²) in [7, 11) is 0. The molecule has 158 valence electrons. The third-order valence-electron chi connectivity index (χ3n) is 5.04. The van der Waals surface area contributed by atoms with Crippen LogP contribution in [0.2, 0.25) is 0 Å². The first kappa shape index (κ1) is 20.2. The molecule has 1 aromatic carbocycles. The topological polar surface area (TPSA) is 110 Å². The van der Waals surface area contributed by atoms with Crippen LogP contribution in [0.25, 0.3) is 0 Å². The third kappa shape index (κ3) is 3.88. The van der Waals surface area contributed by atoms with Crippen LogP contribution in [-0.4, -0.2) is 65.9 Å². The lowest BCUT2D eigenvalue weighted by atomic mass is 10.0. The summed E-state index contributed by atoms with van der Waals surface area (Å²) in [6.45, 7) is 7.29. The van der Waals surface area contributed by atoms with Gasteiger partial charge in [0, 0.05) is 0 Å². The molecule has 0 unspecified atom stereocenters. The molecule has 0 amide bonds. The predicted molar refractivity (Wildman–Crippen MR) is 96.2 cm³/mol. The lowest BCUT2D eigenvalue weighted by Crippen LogP contribution is -2.45. The molecule has 3 aliphatic rings. The second-order valence-corrected chi connectivity index (χ2v) is 8.16. The maximum atomic E-state index is 12.9. The van der Waals surface area contributed by atoms with Crippen molar-refractivity contribution in [3.8, 4) is 0 Å². The van der Waals surface area contributed by atoms with Crippen LogP contribution < -0.4 is 0 Å². The molecule has 29 heavy (non-hydrogen) atoms. The largest absolute Gasteiger partial charge is 0.478 e. The van der Waals surface area contributed by atoms with Crippen molar-refractivity contribution in [1.29, 1.82) is 0 Å². The van der Waals surface area contributed by atoms with Crippen molar-refractivity contribution in [3.63, 3.8) is 0 Å². The number of hydrogen-bond acceptors (Lipinski definition) is 8. The molecule has 4 rings (SSSR count). The first-order chi connectivity index (χ1) is 13.6. The molecule has 9 nitrogen and oxygen atoms in total. The zero-order valence-electron chi connectivity index (χ0n) is 16.6. The SMILES string of the molecule is CC1(C)O[C@H]2O[C@H]([C@H]3COC(C)(C)O3)[C@H](OC(=O)c3ccccc3C(=O)O)[C@H]2O1. The summed E-state index contributed by atoms with van der Waals surface area (Å²) >= 11 is 0. The van der Waals surface area contributed by atoms with E-state index in [2.05, 4.69) is 0 Å². The Hall–Kier alpha value is -2.04. The summed E-state index contributed by atoms with van der Waals surface area (Å²) in [4.78, 5) is 24.3. The van der Waals surface area contributed by atoms with Crippen LogP contribution in [0.3, 0.4) is 0 Å². The summed E-state index contributed by atoms with van der Waals surface area (Å²) in [5.41, 5.74) is -0.195. The van der Waals surface area contributed by atoms with Crippen molar-refractivity contribution in [2.45, 2.75) is 70.0 Å². The van der Waals surface area contributed by atoms with E-state index in [0.29, 0.717) is 0 Å². The molecule has 3 aliphatic heterocycles. The first-order valence-corrected chi connectivity index (χ1v) is 9.42. The average Bonchev–Trinajstić information content (AvgIpc) is 3.25. The highest BCUT2D eigenvalue weighted by Gasteiger charge is 2.60. The van der Waals surface area contributed by atoms with E-state index in [4.69, 9.17) is 28.4 Å². The molecule has 1 N–H and O–H groups in total. The van der Waals surface area contributed by atoms with Crippen molar-refractivity contribution >= 4 is 11.9 Å². The summed E-state index contributed by atoms with van der Waals surface area (Å²) in [6.07, 6.45) is -3.47. The average molecular weight is 408 g/mol. The Morgan fingerprint density at radius 2 is 1.69 bits per heavy atom. The molecule has 5 atom stereocenters. The first-order valence-electron chi connectivity index (χ1n) is 9.42. The Balaban J connectivity index is 1.59. The van der Waals surface area contributed by atoms with E-state index in [-0.39, 0.29) is 17.7 Å². The molecular weight excluding hydrogens is 384 g/mol. The minimum absolute atomic E-state index is 0.0516. The molecule has 0 saturated carbocycles. The maximum absolute atomic E-state index is 12.9. The lowest BCUT2D eigenvalue weighted by molar-refractivity contribution is -0.232. The van der Waals surface area contributed by atoms with Gasteiger partial charge in [-0.25, -0.2) is 9.59 Å². The van der Waals surface area contributed by atoms with E-state index in [1.165, 1.54) is 12.1 Å². The van der Waals surface area contributed by atoms with Gasteiger partial charge in [-0.05, 0) is 39.8 Å². The molecule has 0 spiro atoms. The van der Waals surface area contributed by atoms with Crippen LogP contribution in [0, 0.1) is 0 Å². The van der Waals surface area contributed by atoms with E-state index >= 15 is 0 Å². The van der Waals surface area contributed by atoms with E-state index in [0.717, 1.165) is 0 Å². The van der Waals surface area contributed by atoms with Crippen molar-refractivity contribution in [1.82, 2.24) is 0 Å². The number of carbonyl (C=O) groups excluding carboxylic acids is 1. The molecular formula is C20H24O9. The Kier molecular flexibility index (Phi) is 4.91. The monoisotopic (exact) mass is 408 g/mol. The van der Waals surface area contributed by atoms with Gasteiger partial charge in [-0.3, -0.25) is 0 Å². The quantitative estimate of drug-likeness (QED) is 0.747. The van der Waals surface area contributed by atoms with Gasteiger partial charge in [0.15, 0.2) is 30.1 Å². The van der Waals surface area contributed by atoms with E-state index in [9.17, 15) is 14.7 Å². The molecule has 9 heteroatoms. The molecule has 1 aromatic rings. The summed E-state index contributed by atoms with van der Waals surface area (Å²) in [5, 5.41) is 9.36. The normalized spacial score (nSPS) is 34.7. The van der Waals surface area contributed by atoms with Crippen LogP contribution in [0.4, 0.5) is 0 Å². The Morgan fingerprint density at radius 3 is 2.31 bits per heavy atom. The number of rotatable bonds is 4. The highest BCUT2D eigenvalue weighted by atomic mass is 16.8. The number of aromatic carboxylic acids is 1. The number of carbonyl (C=O) groups is 2. The number of hydrogen-bond donors (Lipinski definition) is 1. The zero-order chi connectivity index (χ0) is 21.0. The van der Waals surface area contributed by atoms with Gasteiger partial charge >= 0.3 is 11.9 Å². The van der Waals surface area contributed by atoms with Crippen LogP contribution in [0.1, 0.15) is 48.4 Å². The van der Waals surface area contributed by atoms with E-state index < -0.39 is 54.2 Å². The highest BCUT2D eigenvalue weighted by molar-refractivity contribution is 6.02. The van der Waals surface area contributed by atoms with Gasteiger partial charge in [0.1, 0.15) is 12.2 Å². The van der Waals surface area contributed by atoms with Gasteiger partial charge in [-0.15, -0.1) is 0 Å². The second-order valence-electron chi connectivity index (χ2n) is 8.16.